The minimum Gasteiger partial charge on any atom is -0.378 e. The molecule has 1 aliphatic heterocycles. The zero-order valence-corrected chi connectivity index (χ0v) is 8.74. The predicted molar refractivity (Wildman–Crippen MR) is 59.1 cm³/mol. The van der Waals surface area contributed by atoms with E-state index >= 15 is 0 Å². The summed E-state index contributed by atoms with van der Waals surface area (Å²) in [5, 5.41) is 0. The van der Waals surface area contributed by atoms with Crippen LogP contribution in [0.1, 0.15) is 0 Å². The van der Waals surface area contributed by atoms with Gasteiger partial charge in [0, 0.05) is 19.2 Å². The number of hydrogen-bond acceptors (Lipinski definition) is 3. The van der Waals surface area contributed by atoms with Crippen LogP contribution in [-0.4, -0.2) is 36.3 Å². The van der Waals surface area contributed by atoms with Gasteiger partial charge in [0.25, 0.3) is 0 Å². The van der Waals surface area contributed by atoms with Gasteiger partial charge in [-0.05, 0) is 6.07 Å². The molecule has 1 saturated heterocycles. The molecule has 2 aromatic rings. The van der Waals surface area contributed by atoms with Crippen molar-refractivity contribution in [3.63, 3.8) is 0 Å². The van der Waals surface area contributed by atoms with Gasteiger partial charge in [-0.15, -0.1) is 0 Å². The molecule has 0 spiro atoms. The van der Waals surface area contributed by atoms with Crippen molar-refractivity contribution in [3.8, 4) is 0 Å². The Morgan fingerprint density at radius 2 is 2.12 bits per heavy atom. The van der Waals surface area contributed by atoms with Crippen LogP contribution in [0.4, 0.5) is 10.1 Å². The summed E-state index contributed by atoms with van der Waals surface area (Å²) in [6, 6.07) is 3.28. The predicted octanol–water partition coefficient (Wildman–Crippen LogP) is 1.54. The third kappa shape index (κ3) is 1.53. The monoisotopic (exact) mass is 221 g/mol. The molecular weight excluding hydrogens is 209 g/mol. The SMILES string of the molecule is Fc1cc2[nH]cnc2cc1N1CCOCC1. The number of ether oxygens (including phenoxy) is 1. The Kier molecular flexibility index (Phi) is 2.25. The standard InChI is InChI=1S/C11H12FN3O/c12-8-5-9-10(14-7-13-9)6-11(8)15-1-3-16-4-2-15/h5-7H,1-4H2,(H,13,14). The molecule has 0 radical (unpaired) electrons. The number of nitrogens with zero attached hydrogens (tertiary/aromatic N) is 2. The molecule has 0 unspecified atom stereocenters. The van der Waals surface area contributed by atoms with Crippen LogP contribution >= 0.6 is 0 Å². The van der Waals surface area contributed by atoms with Gasteiger partial charge in [0.1, 0.15) is 5.82 Å². The summed E-state index contributed by atoms with van der Waals surface area (Å²) >= 11 is 0. The first-order chi connectivity index (χ1) is 7.84. The van der Waals surface area contributed by atoms with E-state index in [4.69, 9.17) is 4.74 Å². The lowest BCUT2D eigenvalue weighted by Crippen LogP contribution is -2.36. The fraction of sp³-hybridized carbons (Fsp3) is 0.364. The van der Waals surface area contributed by atoms with Gasteiger partial charge in [-0.1, -0.05) is 0 Å². The zero-order chi connectivity index (χ0) is 11.0. The third-order valence-electron chi connectivity index (χ3n) is 2.84. The molecule has 0 atom stereocenters. The van der Waals surface area contributed by atoms with Gasteiger partial charge in [0.15, 0.2) is 0 Å². The van der Waals surface area contributed by atoms with Gasteiger partial charge in [-0.3, -0.25) is 0 Å². The number of imidazole rings is 1. The van der Waals surface area contributed by atoms with Crippen LogP contribution in [0.3, 0.4) is 0 Å². The lowest BCUT2D eigenvalue weighted by Gasteiger charge is -2.29. The van der Waals surface area contributed by atoms with Crippen molar-refractivity contribution in [2.24, 2.45) is 0 Å². The molecular formula is C11H12FN3O. The van der Waals surface area contributed by atoms with E-state index in [1.54, 1.807) is 12.4 Å². The molecule has 0 bridgehead atoms. The molecule has 4 nitrogen and oxygen atoms in total. The van der Waals surface area contributed by atoms with E-state index in [1.165, 1.54) is 6.07 Å². The summed E-state index contributed by atoms with van der Waals surface area (Å²) in [5.74, 6) is -0.210. The first-order valence-electron chi connectivity index (χ1n) is 5.30. The summed E-state index contributed by atoms with van der Waals surface area (Å²) < 4.78 is 19.1. The summed E-state index contributed by atoms with van der Waals surface area (Å²) in [6.45, 7) is 2.76. The van der Waals surface area contributed by atoms with Crippen LogP contribution in [-0.2, 0) is 4.74 Å². The summed E-state index contributed by atoms with van der Waals surface area (Å²) in [4.78, 5) is 9.02. The number of halogens is 1. The van der Waals surface area contributed by atoms with Crippen molar-refractivity contribution >= 4 is 16.7 Å². The van der Waals surface area contributed by atoms with Gasteiger partial charge < -0.3 is 14.6 Å². The van der Waals surface area contributed by atoms with Gasteiger partial charge in [0.05, 0.1) is 36.3 Å². The van der Waals surface area contributed by atoms with Crippen LogP contribution < -0.4 is 4.90 Å². The smallest absolute Gasteiger partial charge is 0.148 e. The number of aromatic amines is 1. The highest BCUT2D eigenvalue weighted by molar-refractivity contribution is 5.79. The molecule has 0 saturated carbocycles. The Morgan fingerprint density at radius 1 is 1.31 bits per heavy atom. The maximum absolute atomic E-state index is 13.9. The average molecular weight is 221 g/mol. The van der Waals surface area contributed by atoms with Gasteiger partial charge in [-0.2, -0.15) is 0 Å². The molecule has 84 valence electrons. The van der Waals surface area contributed by atoms with Crippen molar-refractivity contribution in [3.05, 3.63) is 24.3 Å². The molecule has 2 heterocycles. The fourth-order valence-electron chi connectivity index (χ4n) is 1.99. The number of H-pyrrole nitrogens is 1. The highest BCUT2D eigenvalue weighted by Gasteiger charge is 2.16. The molecule has 5 heteroatoms. The van der Waals surface area contributed by atoms with Gasteiger partial charge >= 0.3 is 0 Å². The van der Waals surface area contributed by atoms with Crippen molar-refractivity contribution in [2.75, 3.05) is 31.2 Å². The molecule has 0 aliphatic carbocycles. The van der Waals surface area contributed by atoms with Crippen LogP contribution in [0.5, 0.6) is 0 Å². The number of nitrogens with one attached hydrogen (secondary N) is 1. The molecule has 1 N–H and O–H groups in total. The Hall–Kier alpha value is -1.62. The molecule has 1 aromatic heterocycles. The second-order valence-electron chi connectivity index (χ2n) is 3.82. The summed E-state index contributed by atoms with van der Waals surface area (Å²) in [6.07, 6.45) is 1.58. The number of hydrogen-bond donors (Lipinski definition) is 1. The van der Waals surface area contributed by atoms with Crippen molar-refractivity contribution in [2.45, 2.75) is 0 Å². The number of anilines is 1. The van der Waals surface area contributed by atoms with E-state index in [0.29, 0.717) is 18.9 Å². The minimum atomic E-state index is -0.210. The minimum absolute atomic E-state index is 0.210. The second kappa shape index (κ2) is 3.75. The van der Waals surface area contributed by atoms with E-state index in [2.05, 4.69) is 9.97 Å². The van der Waals surface area contributed by atoms with Gasteiger partial charge in [-0.25, -0.2) is 9.37 Å². The van der Waals surface area contributed by atoms with Crippen LogP contribution in [0, 0.1) is 5.82 Å². The maximum atomic E-state index is 13.9. The average Bonchev–Trinajstić information content (AvgIpc) is 2.76. The Bertz CT molecular complexity index is 505. The first-order valence-corrected chi connectivity index (χ1v) is 5.30. The first kappa shape index (κ1) is 9.59. The summed E-state index contributed by atoms with van der Waals surface area (Å²) in [5.41, 5.74) is 2.14. The molecule has 3 rings (SSSR count). The quantitative estimate of drug-likeness (QED) is 0.794. The fourth-order valence-corrected chi connectivity index (χ4v) is 1.99. The number of rotatable bonds is 1. The van der Waals surface area contributed by atoms with E-state index in [1.807, 2.05) is 4.90 Å². The number of benzene rings is 1. The lowest BCUT2D eigenvalue weighted by molar-refractivity contribution is 0.122. The zero-order valence-electron chi connectivity index (χ0n) is 8.74. The molecule has 1 aromatic carbocycles. The third-order valence-corrected chi connectivity index (χ3v) is 2.84. The highest BCUT2D eigenvalue weighted by Crippen LogP contribution is 2.24. The molecule has 1 aliphatic rings. The lowest BCUT2D eigenvalue weighted by atomic mass is 10.2. The topological polar surface area (TPSA) is 41.2 Å². The molecule has 1 fully saturated rings. The van der Waals surface area contributed by atoms with E-state index in [0.717, 1.165) is 24.1 Å². The number of morpholine rings is 1. The van der Waals surface area contributed by atoms with E-state index in [-0.39, 0.29) is 5.82 Å². The number of aromatic nitrogens is 2. The maximum Gasteiger partial charge on any atom is 0.148 e. The second-order valence-corrected chi connectivity index (χ2v) is 3.82. The molecule has 0 amide bonds. The summed E-state index contributed by atoms with van der Waals surface area (Å²) in [7, 11) is 0. The normalized spacial score (nSPS) is 16.9. The van der Waals surface area contributed by atoms with E-state index < -0.39 is 0 Å². The van der Waals surface area contributed by atoms with Crippen LogP contribution in [0.25, 0.3) is 11.0 Å². The van der Waals surface area contributed by atoms with Crippen molar-refractivity contribution in [1.29, 1.82) is 0 Å². The van der Waals surface area contributed by atoms with Crippen LogP contribution in [0.15, 0.2) is 18.5 Å². The highest BCUT2D eigenvalue weighted by atomic mass is 19.1. The largest absolute Gasteiger partial charge is 0.378 e. The van der Waals surface area contributed by atoms with E-state index in [9.17, 15) is 4.39 Å². The van der Waals surface area contributed by atoms with Crippen molar-refractivity contribution in [1.82, 2.24) is 9.97 Å². The Labute approximate surface area is 92.0 Å². The number of fused-ring (bicyclic) bond motifs is 1. The Balaban J connectivity index is 2.03. The van der Waals surface area contributed by atoms with Gasteiger partial charge in [0.2, 0.25) is 0 Å². The van der Waals surface area contributed by atoms with Crippen molar-refractivity contribution < 1.29 is 9.13 Å². The molecule has 16 heavy (non-hydrogen) atoms. The van der Waals surface area contributed by atoms with Crippen LogP contribution in [0.2, 0.25) is 0 Å². The Morgan fingerprint density at radius 3 is 2.94 bits per heavy atom.